The highest BCUT2D eigenvalue weighted by atomic mass is 32.1. The number of nitrogens with zero attached hydrogens (tertiary/aromatic N) is 1. The molecule has 7 heteroatoms. The van der Waals surface area contributed by atoms with Crippen molar-refractivity contribution in [3.63, 3.8) is 0 Å². The Kier molecular flexibility index (Phi) is 5.53. The first kappa shape index (κ1) is 17.4. The Morgan fingerprint density at radius 3 is 2.75 bits per heavy atom. The molecule has 1 aromatic heterocycles. The van der Waals surface area contributed by atoms with Crippen molar-refractivity contribution in [2.24, 2.45) is 0 Å². The minimum atomic E-state index is -0.376. The normalized spacial score (nSPS) is 16.8. The van der Waals surface area contributed by atoms with Gasteiger partial charge in [0, 0.05) is 17.5 Å². The molecule has 0 bridgehead atoms. The molecule has 0 aromatic carbocycles. The average molecular weight is 352 g/mol. The molecule has 1 fully saturated rings. The molecule has 1 amide bonds. The Balaban J connectivity index is 1.75. The van der Waals surface area contributed by atoms with E-state index in [0.29, 0.717) is 23.2 Å². The highest BCUT2D eigenvalue weighted by Gasteiger charge is 2.31. The SMILES string of the molecule is COC(=O)c1c(NC(=O)CN(CCO)C2CC2)sc2c1CCCC2. The number of aliphatic hydroxyl groups excluding tert-OH is 1. The predicted molar refractivity (Wildman–Crippen MR) is 92.6 cm³/mol. The number of carbonyl (C=O) groups is 2. The summed E-state index contributed by atoms with van der Waals surface area (Å²) in [7, 11) is 1.37. The third-order valence-electron chi connectivity index (χ3n) is 4.61. The number of methoxy groups -OCH3 is 1. The van der Waals surface area contributed by atoms with Crippen LogP contribution in [-0.2, 0) is 22.4 Å². The molecule has 1 aromatic rings. The largest absolute Gasteiger partial charge is 0.465 e. The standard InChI is InChI=1S/C17H24N2O4S/c1-23-17(22)15-12-4-2-3-5-13(12)24-16(15)18-14(21)10-19(8-9-20)11-6-7-11/h11,20H,2-10H2,1H3,(H,18,21). The average Bonchev–Trinajstić information content (AvgIpc) is 3.35. The Morgan fingerprint density at radius 2 is 2.08 bits per heavy atom. The van der Waals surface area contributed by atoms with Gasteiger partial charge >= 0.3 is 5.97 Å². The van der Waals surface area contributed by atoms with Crippen molar-refractivity contribution >= 4 is 28.2 Å². The van der Waals surface area contributed by atoms with Crippen molar-refractivity contribution in [2.45, 2.75) is 44.6 Å². The van der Waals surface area contributed by atoms with Crippen LogP contribution in [0, 0.1) is 0 Å². The minimum absolute atomic E-state index is 0.0461. The van der Waals surface area contributed by atoms with Crippen molar-refractivity contribution in [3.8, 4) is 0 Å². The molecule has 2 aliphatic rings. The summed E-state index contributed by atoms with van der Waals surface area (Å²) in [6, 6.07) is 0.402. The van der Waals surface area contributed by atoms with Crippen LogP contribution in [0.2, 0.25) is 0 Å². The number of aliphatic hydroxyl groups is 1. The predicted octanol–water partition coefficient (Wildman–Crippen LogP) is 1.81. The van der Waals surface area contributed by atoms with Gasteiger partial charge in [-0.15, -0.1) is 11.3 Å². The van der Waals surface area contributed by atoms with Crippen molar-refractivity contribution in [3.05, 3.63) is 16.0 Å². The van der Waals surface area contributed by atoms with Crippen molar-refractivity contribution in [1.29, 1.82) is 0 Å². The second kappa shape index (κ2) is 7.63. The molecule has 3 rings (SSSR count). The quantitative estimate of drug-likeness (QED) is 0.732. The van der Waals surface area contributed by atoms with Crippen LogP contribution >= 0.6 is 11.3 Å². The number of hydrogen-bond acceptors (Lipinski definition) is 6. The highest BCUT2D eigenvalue weighted by molar-refractivity contribution is 7.17. The smallest absolute Gasteiger partial charge is 0.341 e. The van der Waals surface area contributed by atoms with Crippen LogP contribution in [0.5, 0.6) is 0 Å². The molecule has 0 saturated heterocycles. The third kappa shape index (κ3) is 3.79. The molecular weight excluding hydrogens is 328 g/mol. The lowest BCUT2D eigenvalue weighted by Crippen LogP contribution is -2.36. The van der Waals surface area contributed by atoms with Gasteiger partial charge in [-0.25, -0.2) is 4.79 Å². The summed E-state index contributed by atoms with van der Waals surface area (Å²) in [5, 5.41) is 12.7. The van der Waals surface area contributed by atoms with E-state index in [-0.39, 0.29) is 25.0 Å². The molecule has 132 valence electrons. The summed E-state index contributed by atoms with van der Waals surface area (Å²) in [6.07, 6.45) is 6.16. The number of anilines is 1. The fraction of sp³-hybridized carbons (Fsp3) is 0.647. The number of carbonyl (C=O) groups excluding carboxylic acids is 2. The highest BCUT2D eigenvalue weighted by Crippen LogP contribution is 2.38. The van der Waals surface area contributed by atoms with Gasteiger partial charge in [-0.05, 0) is 44.1 Å². The third-order valence-corrected chi connectivity index (χ3v) is 5.82. The molecule has 0 aliphatic heterocycles. The van der Waals surface area contributed by atoms with Crippen LogP contribution in [0.3, 0.4) is 0 Å². The fourth-order valence-electron chi connectivity index (χ4n) is 3.28. The lowest BCUT2D eigenvalue weighted by Gasteiger charge is -2.19. The molecule has 6 nitrogen and oxygen atoms in total. The molecule has 2 aliphatic carbocycles. The van der Waals surface area contributed by atoms with Crippen LogP contribution in [0.1, 0.15) is 46.5 Å². The van der Waals surface area contributed by atoms with Crippen molar-refractivity contribution in [1.82, 2.24) is 4.90 Å². The van der Waals surface area contributed by atoms with Crippen LogP contribution in [0.25, 0.3) is 0 Å². The number of nitrogens with one attached hydrogen (secondary N) is 1. The number of rotatable bonds is 7. The van der Waals surface area contributed by atoms with Gasteiger partial charge in [-0.2, -0.15) is 0 Å². The number of amides is 1. The van der Waals surface area contributed by atoms with E-state index < -0.39 is 0 Å². The van der Waals surface area contributed by atoms with Crippen LogP contribution in [0.15, 0.2) is 0 Å². The van der Waals surface area contributed by atoms with Crippen molar-refractivity contribution in [2.75, 3.05) is 32.1 Å². The summed E-state index contributed by atoms with van der Waals surface area (Å²) in [6.45, 7) is 0.793. The Morgan fingerprint density at radius 1 is 1.33 bits per heavy atom. The second-order valence-electron chi connectivity index (χ2n) is 6.38. The summed E-state index contributed by atoms with van der Waals surface area (Å²) < 4.78 is 4.92. The fourth-order valence-corrected chi connectivity index (χ4v) is 4.57. The first-order valence-corrected chi connectivity index (χ1v) is 9.33. The zero-order valence-electron chi connectivity index (χ0n) is 14.0. The number of thiophene rings is 1. The van der Waals surface area contributed by atoms with Crippen molar-refractivity contribution < 1.29 is 19.4 Å². The van der Waals surface area contributed by atoms with E-state index in [1.165, 1.54) is 23.3 Å². The molecule has 24 heavy (non-hydrogen) atoms. The van der Waals surface area contributed by atoms with E-state index in [2.05, 4.69) is 5.32 Å². The number of aryl methyl sites for hydroxylation is 1. The van der Waals surface area contributed by atoms with Gasteiger partial charge in [-0.1, -0.05) is 0 Å². The first-order valence-electron chi connectivity index (χ1n) is 8.51. The van der Waals surface area contributed by atoms with E-state index in [1.807, 2.05) is 4.90 Å². The van der Waals surface area contributed by atoms with Gasteiger partial charge < -0.3 is 15.2 Å². The zero-order chi connectivity index (χ0) is 17.1. The van der Waals surface area contributed by atoms with Crippen LogP contribution in [-0.4, -0.2) is 54.7 Å². The minimum Gasteiger partial charge on any atom is -0.465 e. The van der Waals surface area contributed by atoms with E-state index >= 15 is 0 Å². The molecule has 0 radical (unpaired) electrons. The van der Waals surface area contributed by atoms with Gasteiger partial charge in [0.15, 0.2) is 0 Å². The van der Waals surface area contributed by atoms with E-state index in [0.717, 1.165) is 44.1 Å². The summed E-state index contributed by atoms with van der Waals surface area (Å²) in [4.78, 5) is 27.8. The van der Waals surface area contributed by atoms with Gasteiger partial charge in [0.05, 0.1) is 25.8 Å². The number of hydrogen-bond donors (Lipinski definition) is 2. The van der Waals surface area contributed by atoms with Gasteiger partial charge in [-0.3, -0.25) is 9.69 Å². The van der Waals surface area contributed by atoms with Crippen LogP contribution < -0.4 is 5.32 Å². The molecule has 1 saturated carbocycles. The topological polar surface area (TPSA) is 78.9 Å². The zero-order valence-corrected chi connectivity index (χ0v) is 14.8. The second-order valence-corrected chi connectivity index (χ2v) is 7.49. The molecule has 2 N–H and O–H groups in total. The van der Waals surface area contributed by atoms with E-state index in [1.54, 1.807) is 0 Å². The monoisotopic (exact) mass is 352 g/mol. The molecule has 0 spiro atoms. The number of esters is 1. The summed E-state index contributed by atoms with van der Waals surface area (Å²) in [5.41, 5.74) is 1.58. The lowest BCUT2D eigenvalue weighted by atomic mass is 9.95. The molecule has 1 heterocycles. The lowest BCUT2D eigenvalue weighted by molar-refractivity contribution is -0.117. The molecular formula is C17H24N2O4S. The van der Waals surface area contributed by atoms with Gasteiger partial charge in [0.25, 0.3) is 0 Å². The van der Waals surface area contributed by atoms with Crippen LogP contribution in [0.4, 0.5) is 5.00 Å². The van der Waals surface area contributed by atoms with Gasteiger partial charge in [0.2, 0.25) is 5.91 Å². The number of ether oxygens (including phenoxy) is 1. The Hall–Kier alpha value is -1.44. The maximum Gasteiger partial charge on any atom is 0.341 e. The van der Waals surface area contributed by atoms with E-state index in [9.17, 15) is 9.59 Å². The summed E-state index contributed by atoms with van der Waals surface area (Å²) in [5.74, 6) is -0.516. The maximum atomic E-state index is 12.4. The maximum absolute atomic E-state index is 12.4. The first-order chi connectivity index (χ1) is 11.6. The van der Waals surface area contributed by atoms with Gasteiger partial charge in [0.1, 0.15) is 5.00 Å². The van der Waals surface area contributed by atoms with E-state index in [4.69, 9.17) is 9.84 Å². The molecule has 0 unspecified atom stereocenters. The Bertz CT molecular complexity index is 624. The number of fused-ring (bicyclic) bond motifs is 1. The Labute approximate surface area is 145 Å². The summed E-state index contributed by atoms with van der Waals surface area (Å²) >= 11 is 1.50. The molecule has 0 atom stereocenters.